The van der Waals surface area contributed by atoms with Gasteiger partial charge in [-0.15, -0.1) is 0 Å². The van der Waals surface area contributed by atoms with Crippen LogP contribution in [0.15, 0.2) is 55.0 Å². The minimum Gasteiger partial charge on any atom is -0.338 e. The Labute approximate surface area is 179 Å². The molecule has 152 valence electrons. The van der Waals surface area contributed by atoms with Gasteiger partial charge in [-0.25, -0.2) is 9.97 Å². The highest BCUT2D eigenvalue weighted by molar-refractivity contribution is 6.30. The predicted molar refractivity (Wildman–Crippen MR) is 114 cm³/mol. The van der Waals surface area contributed by atoms with Gasteiger partial charge in [-0.1, -0.05) is 11.6 Å². The van der Waals surface area contributed by atoms with Crippen molar-refractivity contribution < 1.29 is 9.59 Å². The Morgan fingerprint density at radius 3 is 2.57 bits per heavy atom. The number of amides is 2. The maximum absolute atomic E-state index is 12.6. The van der Waals surface area contributed by atoms with Gasteiger partial charge in [-0.3, -0.25) is 14.6 Å². The summed E-state index contributed by atoms with van der Waals surface area (Å²) in [6.07, 6.45) is 5.56. The summed E-state index contributed by atoms with van der Waals surface area (Å²) in [4.78, 5) is 39.9. The topological polar surface area (TPSA) is 88.1 Å². The molecule has 1 saturated heterocycles. The van der Waals surface area contributed by atoms with Crippen molar-refractivity contribution in [3.63, 3.8) is 0 Å². The van der Waals surface area contributed by atoms with Crippen LogP contribution in [0.3, 0.4) is 0 Å². The summed E-state index contributed by atoms with van der Waals surface area (Å²) in [6, 6.07) is 10.3. The number of likely N-dealkylation sites (tertiary alicyclic amines) is 1. The number of aromatic nitrogens is 3. The average Bonchev–Trinajstić information content (AvgIpc) is 3.25. The highest BCUT2D eigenvalue weighted by atomic mass is 35.5. The van der Waals surface area contributed by atoms with Crippen molar-refractivity contribution in [2.75, 3.05) is 18.4 Å². The Hall–Kier alpha value is -3.32. The largest absolute Gasteiger partial charge is 0.338 e. The van der Waals surface area contributed by atoms with E-state index in [1.807, 2.05) is 0 Å². The van der Waals surface area contributed by atoms with Gasteiger partial charge in [0.05, 0.1) is 11.3 Å². The highest BCUT2D eigenvalue weighted by Crippen LogP contribution is 2.26. The third-order valence-corrected chi connectivity index (χ3v) is 5.36. The molecule has 0 bridgehead atoms. The molecule has 0 spiro atoms. The van der Waals surface area contributed by atoms with Gasteiger partial charge < -0.3 is 10.2 Å². The first-order chi connectivity index (χ1) is 14.5. The summed E-state index contributed by atoms with van der Waals surface area (Å²) in [7, 11) is 0. The lowest BCUT2D eigenvalue weighted by molar-refractivity contribution is 0.0790. The van der Waals surface area contributed by atoms with E-state index in [0.717, 1.165) is 6.42 Å². The monoisotopic (exact) mass is 421 g/mol. The SMILES string of the molecule is Cc1nc([C@H]2CCN(C(=O)c3ccncc3)C2)ncc1C(=O)Nc1ccc(Cl)cc1. The van der Waals surface area contributed by atoms with E-state index in [1.165, 1.54) is 0 Å². The Bertz CT molecular complexity index is 1070. The molecule has 4 rings (SSSR count). The molecule has 3 aromatic rings. The van der Waals surface area contributed by atoms with Gasteiger partial charge in [-0.2, -0.15) is 0 Å². The van der Waals surface area contributed by atoms with E-state index in [1.54, 1.807) is 66.8 Å². The molecule has 2 aromatic heterocycles. The zero-order valence-corrected chi connectivity index (χ0v) is 17.1. The maximum atomic E-state index is 12.6. The predicted octanol–water partition coefficient (Wildman–Crippen LogP) is 3.72. The van der Waals surface area contributed by atoms with Crippen LogP contribution < -0.4 is 5.32 Å². The van der Waals surface area contributed by atoms with Gasteiger partial charge in [0.2, 0.25) is 0 Å². The van der Waals surface area contributed by atoms with Gasteiger partial charge >= 0.3 is 0 Å². The Morgan fingerprint density at radius 1 is 1.13 bits per heavy atom. The molecule has 30 heavy (non-hydrogen) atoms. The molecule has 1 atom stereocenters. The van der Waals surface area contributed by atoms with E-state index in [2.05, 4.69) is 20.3 Å². The number of hydrogen-bond acceptors (Lipinski definition) is 5. The molecule has 1 fully saturated rings. The smallest absolute Gasteiger partial charge is 0.259 e. The first-order valence-electron chi connectivity index (χ1n) is 9.61. The van der Waals surface area contributed by atoms with Crippen molar-refractivity contribution in [3.05, 3.63) is 82.7 Å². The van der Waals surface area contributed by atoms with Crippen LogP contribution >= 0.6 is 11.6 Å². The van der Waals surface area contributed by atoms with Gasteiger partial charge in [0.1, 0.15) is 5.82 Å². The normalized spacial score (nSPS) is 15.8. The number of carbonyl (C=O) groups excluding carboxylic acids is 2. The quantitative estimate of drug-likeness (QED) is 0.693. The second-order valence-electron chi connectivity index (χ2n) is 7.16. The molecule has 1 N–H and O–H groups in total. The van der Waals surface area contributed by atoms with Crippen LogP contribution in [-0.4, -0.2) is 44.8 Å². The van der Waals surface area contributed by atoms with Crippen molar-refractivity contribution in [1.82, 2.24) is 19.9 Å². The number of nitrogens with one attached hydrogen (secondary N) is 1. The standard InChI is InChI=1S/C22H20ClN5O2/c1-14-19(21(29)27-18-4-2-17(23)3-5-18)12-25-20(26-14)16-8-11-28(13-16)22(30)15-6-9-24-10-7-15/h2-7,9-10,12,16H,8,11,13H2,1H3,(H,27,29)/t16-/m0/s1. The molecule has 0 saturated carbocycles. The minimum atomic E-state index is -0.276. The molecular formula is C22H20ClN5O2. The van der Waals surface area contributed by atoms with Crippen LogP contribution in [0, 0.1) is 6.92 Å². The van der Waals surface area contributed by atoms with Crippen LogP contribution in [0.2, 0.25) is 5.02 Å². The summed E-state index contributed by atoms with van der Waals surface area (Å²) in [5, 5.41) is 3.42. The molecule has 1 aromatic carbocycles. The summed E-state index contributed by atoms with van der Waals surface area (Å²) in [6.45, 7) is 2.99. The lowest BCUT2D eigenvalue weighted by Crippen LogP contribution is -2.28. The lowest BCUT2D eigenvalue weighted by Gasteiger charge is -2.16. The van der Waals surface area contributed by atoms with E-state index in [9.17, 15) is 9.59 Å². The number of aryl methyl sites for hydroxylation is 1. The van der Waals surface area contributed by atoms with Gasteiger partial charge in [0.15, 0.2) is 0 Å². The molecule has 0 radical (unpaired) electrons. The van der Waals surface area contributed by atoms with Crippen molar-refractivity contribution in [2.45, 2.75) is 19.3 Å². The Morgan fingerprint density at radius 2 is 1.87 bits per heavy atom. The van der Waals surface area contributed by atoms with Crippen LogP contribution in [0.5, 0.6) is 0 Å². The highest BCUT2D eigenvalue weighted by Gasteiger charge is 2.30. The maximum Gasteiger partial charge on any atom is 0.259 e. The van der Waals surface area contributed by atoms with E-state index in [4.69, 9.17) is 11.6 Å². The van der Waals surface area contributed by atoms with Crippen molar-refractivity contribution in [2.24, 2.45) is 0 Å². The third kappa shape index (κ3) is 4.31. The first-order valence-corrected chi connectivity index (χ1v) is 9.99. The number of carbonyl (C=O) groups is 2. The lowest BCUT2D eigenvalue weighted by atomic mass is 10.1. The van der Waals surface area contributed by atoms with Crippen LogP contribution in [0.4, 0.5) is 5.69 Å². The molecule has 7 nitrogen and oxygen atoms in total. The molecule has 8 heteroatoms. The average molecular weight is 422 g/mol. The number of anilines is 1. The van der Waals surface area contributed by atoms with Crippen molar-refractivity contribution in [3.8, 4) is 0 Å². The first kappa shape index (κ1) is 20.0. The van der Waals surface area contributed by atoms with E-state index < -0.39 is 0 Å². The van der Waals surface area contributed by atoms with Gasteiger partial charge in [0.25, 0.3) is 11.8 Å². The fourth-order valence-corrected chi connectivity index (χ4v) is 3.59. The number of nitrogens with zero attached hydrogens (tertiary/aromatic N) is 4. The fourth-order valence-electron chi connectivity index (χ4n) is 3.47. The number of pyridine rings is 1. The summed E-state index contributed by atoms with van der Waals surface area (Å²) in [5.74, 6) is 0.404. The molecule has 0 unspecified atom stereocenters. The Kier molecular flexibility index (Phi) is 5.72. The Balaban J connectivity index is 1.44. The number of hydrogen-bond donors (Lipinski definition) is 1. The second-order valence-corrected chi connectivity index (χ2v) is 7.60. The van der Waals surface area contributed by atoms with E-state index in [0.29, 0.717) is 46.4 Å². The fraction of sp³-hybridized carbons (Fsp3) is 0.227. The van der Waals surface area contributed by atoms with Crippen molar-refractivity contribution >= 4 is 29.1 Å². The van der Waals surface area contributed by atoms with Crippen LogP contribution in [0.1, 0.15) is 44.6 Å². The van der Waals surface area contributed by atoms with Gasteiger partial charge in [0, 0.05) is 53.9 Å². The van der Waals surface area contributed by atoms with E-state index >= 15 is 0 Å². The van der Waals surface area contributed by atoms with Crippen LogP contribution in [0.25, 0.3) is 0 Å². The molecule has 0 aliphatic carbocycles. The minimum absolute atomic E-state index is 0.0180. The summed E-state index contributed by atoms with van der Waals surface area (Å²) < 4.78 is 0. The number of halogens is 1. The van der Waals surface area contributed by atoms with Crippen molar-refractivity contribution in [1.29, 1.82) is 0 Å². The zero-order chi connectivity index (χ0) is 21.1. The summed E-state index contributed by atoms with van der Waals surface area (Å²) in [5.41, 5.74) is 2.28. The summed E-state index contributed by atoms with van der Waals surface area (Å²) >= 11 is 5.87. The number of rotatable bonds is 4. The molecule has 1 aliphatic heterocycles. The molecule has 2 amide bonds. The molecule has 1 aliphatic rings. The zero-order valence-electron chi connectivity index (χ0n) is 16.4. The third-order valence-electron chi connectivity index (χ3n) is 5.11. The van der Waals surface area contributed by atoms with E-state index in [-0.39, 0.29) is 17.7 Å². The molecular weight excluding hydrogens is 402 g/mol. The van der Waals surface area contributed by atoms with Gasteiger partial charge in [-0.05, 0) is 49.7 Å². The second kappa shape index (κ2) is 8.59. The van der Waals surface area contributed by atoms with Crippen LogP contribution in [-0.2, 0) is 0 Å². The number of benzene rings is 1. The molecule has 3 heterocycles.